The Kier molecular flexibility index (Phi) is 5.01. The molecule has 0 spiro atoms. The van der Waals surface area contributed by atoms with Gasteiger partial charge in [-0.25, -0.2) is 26.8 Å². The van der Waals surface area contributed by atoms with Crippen LogP contribution in [0, 0.1) is 0 Å². The second-order valence-electron chi connectivity index (χ2n) is 4.69. The first-order valence-corrected chi connectivity index (χ1v) is 10.2. The lowest BCUT2D eigenvalue weighted by molar-refractivity contribution is 0.411. The molecule has 0 amide bonds. The van der Waals surface area contributed by atoms with Gasteiger partial charge in [-0.2, -0.15) is 4.41 Å². The van der Waals surface area contributed by atoms with E-state index < -0.39 is 20.0 Å². The first kappa shape index (κ1) is 18.0. The molecule has 0 unspecified atom stereocenters. The molecule has 0 saturated heterocycles. The summed E-state index contributed by atoms with van der Waals surface area (Å²) < 4.78 is 52.4. The van der Waals surface area contributed by atoms with Gasteiger partial charge in [0.2, 0.25) is 25.9 Å². The van der Waals surface area contributed by atoms with E-state index in [0.29, 0.717) is 10.1 Å². The van der Waals surface area contributed by atoms with Crippen molar-refractivity contribution in [3.63, 3.8) is 0 Å². The minimum atomic E-state index is -4.03. The number of aromatic nitrogens is 3. The summed E-state index contributed by atoms with van der Waals surface area (Å²) >= 11 is 0. The molecular weight excluding hydrogens is 358 g/mol. The summed E-state index contributed by atoms with van der Waals surface area (Å²) in [6.45, 7) is 0. The van der Waals surface area contributed by atoms with Gasteiger partial charge in [0, 0.05) is 6.20 Å². The molecule has 0 bridgehead atoms. The fraction of sp³-hybridized carbons (Fsp3) is 0.250. The van der Waals surface area contributed by atoms with Crippen molar-refractivity contribution in [1.29, 1.82) is 0 Å². The van der Waals surface area contributed by atoms with Gasteiger partial charge < -0.3 is 4.74 Å². The molecule has 12 heteroatoms. The number of nitrogens with one attached hydrogen (secondary N) is 1. The molecule has 2 rings (SSSR count). The number of nitrogens with zero attached hydrogens (tertiary/aromatic N) is 4. The van der Waals surface area contributed by atoms with Crippen LogP contribution in [0.3, 0.4) is 0 Å². The maximum absolute atomic E-state index is 12.0. The van der Waals surface area contributed by atoms with Crippen LogP contribution in [0.5, 0.6) is 5.75 Å². The van der Waals surface area contributed by atoms with Gasteiger partial charge >= 0.3 is 0 Å². The molecule has 0 aliphatic rings. The van der Waals surface area contributed by atoms with Crippen LogP contribution < -0.4 is 14.0 Å². The van der Waals surface area contributed by atoms with Crippen LogP contribution in [-0.2, 0) is 20.0 Å². The maximum atomic E-state index is 12.0. The van der Waals surface area contributed by atoms with E-state index in [1.807, 2.05) is 4.83 Å². The average molecular weight is 373 g/mol. The third-order valence-electron chi connectivity index (χ3n) is 2.62. The minimum absolute atomic E-state index is 0.0312. The molecule has 0 aliphatic heterocycles. The van der Waals surface area contributed by atoms with Crippen molar-refractivity contribution in [3.8, 4) is 17.3 Å². The monoisotopic (exact) mass is 373 g/mol. The van der Waals surface area contributed by atoms with E-state index in [2.05, 4.69) is 15.0 Å². The Labute approximate surface area is 139 Å². The summed E-state index contributed by atoms with van der Waals surface area (Å²) in [6, 6.07) is 5.03. The van der Waals surface area contributed by atoms with Crippen LogP contribution in [0.1, 0.15) is 0 Å². The summed E-state index contributed by atoms with van der Waals surface area (Å²) in [4.78, 5) is 14.1. The summed E-state index contributed by atoms with van der Waals surface area (Å²) in [5.41, 5.74) is 0.384. The van der Waals surface area contributed by atoms with E-state index in [1.165, 1.54) is 19.5 Å². The number of rotatable bonds is 6. The normalized spacial score (nSPS) is 12.0. The van der Waals surface area contributed by atoms with E-state index in [-0.39, 0.29) is 17.4 Å². The van der Waals surface area contributed by atoms with Gasteiger partial charge in [0.05, 0.1) is 25.8 Å². The van der Waals surface area contributed by atoms with Crippen LogP contribution >= 0.6 is 0 Å². The molecule has 0 aliphatic carbocycles. The topological polar surface area (TPSA) is 131 Å². The van der Waals surface area contributed by atoms with Gasteiger partial charge in [-0.15, -0.1) is 4.83 Å². The SMILES string of the molecule is COc1cnc(-c2ccccn2)nc1N(NS(C)(=O)=O)S(C)(=O)=O. The molecule has 0 fully saturated rings. The second-order valence-corrected chi connectivity index (χ2v) is 8.25. The Morgan fingerprint density at radius 3 is 2.33 bits per heavy atom. The maximum Gasteiger partial charge on any atom is 0.248 e. The number of sulfonamides is 2. The van der Waals surface area contributed by atoms with E-state index in [1.54, 1.807) is 18.2 Å². The first-order chi connectivity index (χ1) is 11.1. The molecule has 0 atom stereocenters. The highest BCUT2D eigenvalue weighted by Gasteiger charge is 2.27. The number of hydrogen-bond donors (Lipinski definition) is 1. The van der Waals surface area contributed by atoms with Crippen LogP contribution in [0.2, 0.25) is 0 Å². The van der Waals surface area contributed by atoms with Crippen molar-refractivity contribution in [2.24, 2.45) is 0 Å². The van der Waals surface area contributed by atoms with Gasteiger partial charge in [0.1, 0.15) is 5.69 Å². The molecule has 10 nitrogen and oxygen atoms in total. The largest absolute Gasteiger partial charge is 0.491 e. The molecule has 0 saturated carbocycles. The number of hydrazine groups is 1. The Hall–Kier alpha value is -2.31. The van der Waals surface area contributed by atoms with Gasteiger partial charge in [0.15, 0.2) is 11.6 Å². The predicted molar refractivity (Wildman–Crippen MR) is 87.1 cm³/mol. The molecule has 1 N–H and O–H groups in total. The van der Waals surface area contributed by atoms with Crippen molar-refractivity contribution in [1.82, 2.24) is 19.8 Å². The lowest BCUT2D eigenvalue weighted by atomic mass is 10.3. The Bertz CT molecular complexity index is 932. The van der Waals surface area contributed by atoms with Crippen molar-refractivity contribution in [2.45, 2.75) is 0 Å². The Morgan fingerprint density at radius 2 is 1.83 bits per heavy atom. The quantitative estimate of drug-likeness (QED) is 0.687. The zero-order chi connectivity index (χ0) is 18.0. The van der Waals surface area contributed by atoms with Crippen LogP contribution in [0.15, 0.2) is 30.6 Å². The van der Waals surface area contributed by atoms with E-state index in [4.69, 9.17) is 4.74 Å². The fourth-order valence-electron chi connectivity index (χ4n) is 1.69. The summed E-state index contributed by atoms with van der Waals surface area (Å²) in [5, 5.41) is 0. The lowest BCUT2D eigenvalue weighted by Crippen LogP contribution is -2.46. The van der Waals surface area contributed by atoms with Gasteiger partial charge in [-0.05, 0) is 12.1 Å². The van der Waals surface area contributed by atoms with E-state index >= 15 is 0 Å². The zero-order valence-corrected chi connectivity index (χ0v) is 14.7. The Balaban J connectivity index is 2.64. The van der Waals surface area contributed by atoms with Crippen molar-refractivity contribution >= 4 is 25.9 Å². The second kappa shape index (κ2) is 6.67. The number of pyridine rings is 1. The number of methoxy groups -OCH3 is 1. The van der Waals surface area contributed by atoms with Gasteiger partial charge in [0.25, 0.3) is 0 Å². The highest BCUT2D eigenvalue weighted by atomic mass is 32.2. The molecule has 0 radical (unpaired) electrons. The predicted octanol–water partition coefficient (Wildman–Crippen LogP) is -0.223. The molecule has 2 heterocycles. The van der Waals surface area contributed by atoms with Gasteiger partial charge in [-0.1, -0.05) is 6.07 Å². The molecule has 0 aromatic carbocycles. The highest BCUT2D eigenvalue weighted by molar-refractivity contribution is 7.94. The van der Waals surface area contributed by atoms with E-state index in [0.717, 1.165) is 12.5 Å². The minimum Gasteiger partial charge on any atom is -0.491 e. The summed E-state index contributed by atoms with van der Waals surface area (Å²) in [5.74, 6) is -0.201. The molecule has 24 heavy (non-hydrogen) atoms. The van der Waals surface area contributed by atoms with Crippen LogP contribution in [-0.4, -0.2) is 51.4 Å². The fourth-order valence-corrected chi connectivity index (χ4v) is 3.47. The third kappa shape index (κ3) is 4.37. The Morgan fingerprint density at radius 1 is 1.12 bits per heavy atom. The third-order valence-corrected chi connectivity index (χ3v) is 4.18. The smallest absolute Gasteiger partial charge is 0.248 e. The molecular formula is C12H15N5O5S2. The number of anilines is 1. The number of ether oxygens (including phenoxy) is 1. The molecule has 2 aromatic heterocycles. The van der Waals surface area contributed by atoms with Crippen molar-refractivity contribution in [2.75, 3.05) is 24.0 Å². The van der Waals surface area contributed by atoms with Crippen LogP contribution in [0.25, 0.3) is 11.5 Å². The lowest BCUT2D eigenvalue weighted by Gasteiger charge is -2.22. The van der Waals surface area contributed by atoms with Crippen molar-refractivity contribution in [3.05, 3.63) is 30.6 Å². The van der Waals surface area contributed by atoms with Gasteiger partial charge in [-0.3, -0.25) is 4.98 Å². The standard InChI is InChI=1S/C12H15N5O5S2/c1-22-10-8-14-11(9-6-4-5-7-13-9)15-12(10)17(24(3,20)21)16-23(2,18)19/h4-8,16H,1-3H3. The van der Waals surface area contributed by atoms with E-state index in [9.17, 15) is 16.8 Å². The zero-order valence-electron chi connectivity index (χ0n) is 13.0. The summed E-state index contributed by atoms with van der Waals surface area (Å²) in [6.07, 6.45) is 4.39. The first-order valence-electron chi connectivity index (χ1n) is 6.42. The number of hydrogen-bond acceptors (Lipinski definition) is 8. The van der Waals surface area contributed by atoms with Crippen molar-refractivity contribution < 1.29 is 21.6 Å². The van der Waals surface area contributed by atoms with Crippen LogP contribution in [0.4, 0.5) is 5.82 Å². The molecule has 2 aromatic rings. The molecule has 130 valence electrons. The highest BCUT2D eigenvalue weighted by Crippen LogP contribution is 2.28. The average Bonchev–Trinajstić information content (AvgIpc) is 2.51. The summed E-state index contributed by atoms with van der Waals surface area (Å²) in [7, 11) is -6.64.